The number of nitrogens with zero attached hydrogens (tertiary/aromatic N) is 1. The van der Waals surface area contributed by atoms with E-state index in [1.165, 1.54) is 6.26 Å². The Labute approximate surface area is 144 Å². The Kier molecular flexibility index (Phi) is 5.31. The van der Waals surface area contributed by atoms with Crippen LogP contribution in [0.3, 0.4) is 0 Å². The van der Waals surface area contributed by atoms with Gasteiger partial charge in [-0.15, -0.1) is 0 Å². The second-order valence-electron chi connectivity index (χ2n) is 5.37. The molecule has 0 bridgehead atoms. The molecule has 1 unspecified atom stereocenters. The fourth-order valence-corrected chi connectivity index (χ4v) is 3.38. The maximum absolute atomic E-state index is 12.4. The molecule has 1 aromatic heterocycles. The van der Waals surface area contributed by atoms with Crippen molar-refractivity contribution in [3.8, 4) is 0 Å². The zero-order chi connectivity index (χ0) is 17.2. The van der Waals surface area contributed by atoms with E-state index in [2.05, 4.69) is 21.2 Å². The number of hydrogen-bond donors (Lipinski definition) is 1. The van der Waals surface area contributed by atoms with Gasteiger partial charge in [0.2, 0.25) is 0 Å². The number of carbonyl (C=O) groups excluding carboxylic acids is 1. The van der Waals surface area contributed by atoms with Crippen LogP contribution in [0.2, 0.25) is 0 Å². The summed E-state index contributed by atoms with van der Waals surface area (Å²) in [7, 11) is -3.21. The van der Waals surface area contributed by atoms with Gasteiger partial charge in [-0.3, -0.25) is 4.79 Å². The van der Waals surface area contributed by atoms with Gasteiger partial charge in [-0.2, -0.15) is 0 Å². The van der Waals surface area contributed by atoms with E-state index in [0.717, 1.165) is 10.0 Å². The molecule has 1 N–H and O–H groups in total. The molecule has 0 aliphatic rings. The van der Waals surface area contributed by atoms with Crippen LogP contribution >= 0.6 is 15.9 Å². The second-order valence-corrected chi connectivity index (χ2v) is 8.30. The topological polar surface area (TPSA) is 68.2 Å². The fraction of sp³-hybridized carbons (Fsp3) is 0.312. The lowest BCUT2D eigenvalue weighted by molar-refractivity contribution is 0.0930. The Morgan fingerprint density at radius 3 is 2.43 bits per heavy atom. The van der Waals surface area contributed by atoms with Crippen LogP contribution in [-0.2, 0) is 16.4 Å². The number of amides is 1. The van der Waals surface area contributed by atoms with Crippen LogP contribution in [-0.4, -0.2) is 25.1 Å². The molecule has 2 aromatic rings. The molecule has 5 nitrogen and oxygen atoms in total. The summed E-state index contributed by atoms with van der Waals surface area (Å²) in [6.45, 7) is 4.53. The predicted molar refractivity (Wildman–Crippen MR) is 93.2 cm³/mol. The van der Waals surface area contributed by atoms with E-state index in [-0.39, 0.29) is 16.8 Å². The summed E-state index contributed by atoms with van der Waals surface area (Å²) in [4.78, 5) is 12.7. The van der Waals surface area contributed by atoms with Crippen molar-refractivity contribution in [1.82, 2.24) is 9.88 Å². The lowest BCUT2D eigenvalue weighted by Gasteiger charge is -2.15. The largest absolute Gasteiger partial charge is 0.344 e. The molecule has 0 saturated heterocycles. The van der Waals surface area contributed by atoms with Crippen molar-refractivity contribution in [1.29, 1.82) is 0 Å². The van der Waals surface area contributed by atoms with E-state index in [1.54, 1.807) is 30.3 Å². The number of halogens is 1. The first-order valence-electron chi connectivity index (χ1n) is 7.19. The number of sulfone groups is 1. The van der Waals surface area contributed by atoms with Crippen molar-refractivity contribution in [3.63, 3.8) is 0 Å². The molecular formula is C16H19BrN2O3S. The Bertz CT molecular complexity index is 810. The molecule has 1 atom stereocenters. The number of rotatable bonds is 5. The van der Waals surface area contributed by atoms with Crippen LogP contribution in [0.4, 0.5) is 0 Å². The van der Waals surface area contributed by atoms with Crippen LogP contribution in [0.25, 0.3) is 0 Å². The highest BCUT2D eigenvalue weighted by Crippen LogP contribution is 2.19. The zero-order valence-electron chi connectivity index (χ0n) is 13.2. The lowest BCUT2D eigenvalue weighted by atomic mass is 10.1. The quantitative estimate of drug-likeness (QED) is 0.840. The number of carbonyl (C=O) groups is 1. The molecule has 1 amide bonds. The lowest BCUT2D eigenvalue weighted by Crippen LogP contribution is -2.28. The SMILES string of the molecule is CCn1cc(Br)cc1C(=O)NC(C)c1ccc(S(C)(=O)=O)cc1. The summed E-state index contributed by atoms with van der Waals surface area (Å²) in [5.41, 5.74) is 1.43. The van der Waals surface area contributed by atoms with Gasteiger partial charge in [0, 0.05) is 23.5 Å². The molecule has 7 heteroatoms. The number of aromatic nitrogens is 1. The standard InChI is InChI=1S/C16H19BrN2O3S/c1-4-19-10-13(17)9-15(19)16(20)18-11(2)12-5-7-14(8-6-12)23(3,21)22/h5-11H,4H2,1-3H3,(H,18,20). The highest BCUT2D eigenvalue weighted by molar-refractivity contribution is 9.10. The maximum Gasteiger partial charge on any atom is 0.268 e. The first kappa shape index (κ1) is 17.7. The number of hydrogen-bond acceptors (Lipinski definition) is 3. The molecule has 0 aliphatic carbocycles. The van der Waals surface area contributed by atoms with Crippen LogP contribution in [0.15, 0.2) is 45.9 Å². The van der Waals surface area contributed by atoms with Crippen molar-refractivity contribution in [2.45, 2.75) is 31.3 Å². The van der Waals surface area contributed by atoms with E-state index in [4.69, 9.17) is 0 Å². The smallest absolute Gasteiger partial charge is 0.268 e. The number of nitrogens with one attached hydrogen (secondary N) is 1. The molecule has 1 aromatic carbocycles. The van der Waals surface area contributed by atoms with Crippen molar-refractivity contribution < 1.29 is 13.2 Å². The minimum Gasteiger partial charge on any atom is -0.344 e. The Morgan fingerprint density at radius 2 is 1.91 bits per heavy atom. The van der Waals surface area contributed by atoms with Crippen molar-refractivity contribution in [2.75, 3.05) is 6.26 Å². The molecule has 0 spiro atoms. The summed E-state index contributed by atoms with van der Waals surface area (Å²) in [6.07, 6.45) is 3.03. The van der Waals surface area contributed by atoms with Gasteiger partial charge in [0.15, 0.2) is 9.84 Å². The molecule has 23 heavy (non-hydrogen) atoms. The third kappa shape index (κ3) is 4.23. The van der Waals surface area contributed by atoms with Crippen LogP contribution in [0.5, 0.6) is 0 Å². The first-order valence-corrected chi connectivity index (χ1v) is 9.87. The molecule has 124 valence electrons. The summed E-state index contributed by atoms with van der Waals surface area (Å²) in [6, 6.07) is 8.09. The molecule has 0 aliphatic heterocycles. The van der Waals surface area contributed by atoms with Gasteiger partial charge < -0.3 is 9.88 Å². The van der Waals surface area contributed by atoms with E-state index < -0.39 is 9.84 Å². The van der Waals surface area contributed by atoms with Gasteiger partial charge in [-0.25, -0.2) is 8.42 Å². The van der Waals surface area contributed by atoms with E-state index in [1.807, 2.05) is 24.6 Å². The van der Waals surface area contributed by atoms with Gasteiger partial charge in [0.1, 0.15) is 5.69 Å². The number of benzene rings is 1. The van der Waals surface area contributed by atoms with Crippen LogP contribution < -0.4 is 5.32 Å². The van der Waals surface area contributed by atoms with Gasteiger partial charge in [-0.1, -0.05) is 12.1 Å². The molecule has 0 fully saturated rings. The maximum atomic E-state index is 12.4. The Balaban J connectivity index is 2.15. The molecular weight excluding hydrogens is 380 g/mol. The van der Waals surface area contributed by atoms with Gasteiger partial charge in [-0.05, 0) is 53.5 Å². The summed E-state index contributed by atoms with van der Waals surface area (Å²) in [5.74, 6) is -0.169. The van der Waals surface area contributed by atoms with E-state index >= 15 is 0 Å². The number of aryl methyl sites for hydroxylation is 1. The fourth-order valence-electron chi connectivity index (χ4n) is 2.28. The highest BCUT2D eigenvalue weighted by Gasteiger charge is 2.16. The first-order chi connectivity index (χ1) is 10.7. The minimum absolute atomic E-state index is 0.169. The normalized spacial score (nSPS) is 12.9. The Morgan fingerprint density at radius 1 is 1.30 bits per heavy atom. The average molecular weight is 399 g/mol. The van der Waals surface area contributed by atoms with Gasteiger partial charge in [0.05, 0.1) is 10.9 Å². The summed E-state index contributed by atoms with van der Waals surface area (Å²) in [5, 5.41) is 2.93. The van der Waals surface area contributed by atoms with Crippen LogP contribution in [0.1, 0.15) is 35.9 Å². The minimum atomic E-state index is -3.21. The average Bonchev–Trinajstić information content (AvgIpc) is 2.87. The third-order valence-electron chi connectivity index (χ3n) is 3.59. The van der Waals surface area contributed by atoms with Crippen LogP contribution in [0, 0.1) is 0 Å². The van der Waals surface area contributed by atoms with Crippen molar-refractivity contribution >= 4 is 31.7 Å². The zero-order valence-corrected chi connectivity index (χ0v) is 15.6. The third-order valence-corrected chi connectivity index (χ3v) is 5.15. The highest BCUT2D eigenvalue weighted by atomic mass is 79.9. The molecule has 1 heterocycles. The summed E-state index contributed by atoms with van der Waals surface area (Å²) < 4.78 is 25.7. The predicted octanol–water partition coefficient (Wildman–Crippen LogP) is 3.17. The molecule has 0 saturated carbocycles. The Hall–Kier alpha value is -1.60. The van der Waals surface area contributed by atoms with Gasteiger partial charge in [0.25, 0.3) is 5.91 Å². The van der Waals surface area contributed by atoms with Crippen molar-refractivity contribution in [2.24, 2.45) is 0 Å². The monoisotopic (exact) mass is 398 g/mol. The van der Waals surface area contributed by atoms with Crippen molar-refractivity contribution in [3.05, 3.63) is 52.3 Å². The van der Waals surface area contributed by atoms with E-state index in [9.17, 15) is 13.2 Å². The van der Waals surface area contributed by atoms with Gasteiger partial charge >= 0.3 is 0 Å². The molecule has 0 radical (unpaired) electrons. The summed E-state index contributed by atoms with van der Waals surface area (Å²) >= 11 is 3.37. The second kappa shape index (κ2) is 6.88. The molecule has 2 rings (SSSR count). The van der Waals surface area contributed by atoms with E-state index in [0.29, 0.717) is 12.2 Å².